The van der Waals surface area contributed by atoms with Crippen molar-refractivity contribution < 1.29 is 23.9 Å². The van der Waals surface area contributed by atoms with Gasteiger partial charge in [-0.2, -0.15) is 0 Å². The quantitative estimate of drug-likeness (QED) is 0.0763. The third kappa shape index (κ3) is 6.62. The highest BCUT2D eigenvalue weighted by atomic mass is 79.9. The number of aromatic nitrogens is 1. The molecule has 242 valence electrons. The number of alkyl halides is 3. The number of carbonyl (C=O) groups is 4. The van der Waals surface area contributed by atoms with E-state index in [-0.39, 0.29) is 51.2 Å². The Morgan fingerprint density at radius 1 is 0.936 bits per heavy atom. The molecule has 4 aromatic rings. The Hall–Kier alpha value is -2.82. The molecule has 1 saturated heterocycles. The van der Waals surface area contributed by atoms with Crippen molar-refractivity contribution in [2.24, 2.45) is 11.8 Å². The van der Waals surface area contributed by atoms with E-state index in [4.69, 9.17) is 44.5 Å². The first-order chi connectivity index (χ1) is 22.5. The van der Waals surface area contributed by atoms with Gasteiger partial charge >= 0.3 is 5.97 Å². The van der Waals surface area contributed by atoms with Crippen molar-refractivity contribution in [1.82, 2.24) is 4.98 Å². The second-order valence-electron chi connectivity index (χ2n) is 11.6. The Kier molecular flexibility index (Phi) is 10.1. The molecule has 1 aromatic heterocycles. The summed E-state index contributed by atoms with van der Waals surface area (Å²) in [6.45, 7) is 1.80. The number of carbonyl (C=O) groups excluding carboxylic acids is 4. The van der Waals surface area contributed by atoms with Crippen LogP contribution in [0.5, 0.6) is 0 Å². The molecule has 3 aromatic carbocycles. The van der Waals surface area contributed by atoms with Crippen LogP contribution >= 0.6 is 66.7 Å². The molecule has 5 unspecified atom stereocenters. The standard InChI is InChI=1S/C35H27Br2Cl3N2O5/c1-17-28(40)11-10-22-25(35(46)47-30(12-13-38)32(43)19-2-6-20(39)7-3-19)16-29(41-31(17)22)18-4-8-21(9-5-18)42-33(44)23-14-26(36)27(37)15-24(23)34(42)45/h2-11,16,23-24,26-27,30H,12-15H2,1H3. The van der Waals surface area contributed by atoms with E-state index in [2.05, 4.69) is 31.9 Å². The van der Waals surface area contributed by atoms with Crippen LogP contribution in [0.1, 0.15) is 45.5 Å². The highest BCUT2D eigenvalue weighted by molar-refractivity contribution is 9.12. The predicted molar refractivity (Wildman–Crippen MR) is 191 cm³/mol. The van der Waals surface area contributed by atoms with E-state index in [1.807, 2.05) is 0 Å². The highest BCUT2D eigenvalue weighted by Gasteiger charge is 2.52. The van der Waals surface area contributed by atoms with Gasteiger partial charge in [0.2, 0.25) is 17.6 Å². The molecule has 2 heterocycles. The monoisotopic (exact) mass is 818 g/mol. The summed E-state index contributed by atoms with van der Waals surface area (Å²) in [6.07, 6.45) is 0.149. The fraction of sp³-hybridized carbons (Fsp3) is 0.286. The Labute approximate surface area is 303 Å². The minimum atomic E-state index is -1.13. The van der Waals surface area contributed by atoms with E-state index < -0.39 is 17.9 Å². The first kappa shape index (κ1) is 34.1. The molecule has 1 aliphatic carbocycles. The average molecular weight is 822 g/mol. The molecule has 0 bridgehead atoms. The summed E-state index contributed by atoms with van der Waals surface area (Å²) in [6, 6.07) is 18.2. The molecule has 2 aliphatic rings. The van der Waals surface area contributed by atoms with Gasteiger partial charge in [-0.3, -0.25) is 19.3 Å². The van der Waals surface area contributed by atoms with E-state index in [9.17, 15) is 19.2 Å². The first-order valence-electron chi connectivity index (χ1n) is 14.9. The Balaban J connectivity index is 1.33. The lowest BCUT2D eigenvalue weighted by atomic mass is 9.81. The first-order valence-corrected chi connectivity index (χ1v) is 18.0. The maximum absolute atomic E-state index is 13.8. The molecule has 0 N–H and O–H groups in total. The fourth-order valence-corrected chi connectivity index (χ4v) is 7.90. The zero-order valence-electron chi connectivity index (χ0n) is 24.9. The third-order valence-corrected chi connectivity index (χ3v) is 12.4. The minimum Gasteiger partial charge on any atom is -0.450 e. The molecule has 0 radical (unpaired) electrons. The number of rotatable bonds is 8. The summed E-state index contributed by atoms with van der Waals surface area (Å²) in [5.41, 5.74) is 3.24. The summed E-state index contributed by atoms with van der Waals surface area (Å²) in [5, 5.41) is 1.45. The van der Waals surface area contributed by atoms with E-state index in [0.717, 1.165) is 0 Å². The van der Waals surface area contributed by atoms with E-state index >= 15 is 0 Å². The molecule has 47 heavy (non-hydrogen) atoms. The van der Waals surface area contributed by atoms with Crippen molar-refractivity contribution in [3.05, 3.63) is 93.5 Å². The normalized spacial score (nSPS) is 21.5. The minimum absolute atomic E-state index is 0.0948. The van der Waals surface area contributed by atoms with Crippen molar-refractivity contribution in [3.63, 3.8) is 0 Å². The van der Waals surface area contributed by atoms with Crippen LogP contribution in [0.25, 0.3) is 22.2 Å². The number of pyridine rings is 1. The predicted octanol–water partition coefficient (Wildman–Crippen LogP) is 8.98. The van der Waals surface area contributed by atoms with Gasteiger partial charge in [-0.05, 0) is 73.9 Å². The summed E-state index contributed by atoms with van der Waals surface area (Å²) in [5.74, 6) is -2.15. The molecule has 2 amide bonds. The Morgan fingerprint density at radius 3 is 2.15 bits per heavy atom. The van der Waals surface area contributed by atoms with Crippen LogP contribution in [0.4, 0.5) is 5.69 Å². The molecule has 12 heteroatoms. The van der Waals surface area contributed by atoms with Crippen LogP contribution in [-0.4, -0.2) is 50.2 Å². The molecule has 1 saturated carbocycles. The molecule has 6 rings (SSSR count). The van der Waals surface area contributed by atoms with E-state index in [1.54, 1.807) is 73.7 Å². The van der Waals surface area contributed by atoms with Gasteiger partial charge in [0.05, 0.1) is 34.3 Å². The van der Waals surface area contributed by atoms with Crippen molar-refractivity contribution in [1.29, 1.82) is 0 Å². The lowest BCUT2D eigenvalue weighted by molar-refractivity contribution is -0.122. The number of imide groups is 1. The zero-order valence-corrected chi connectivity index (χ0v) is 30.3. The number of aryl methyl sites for hydroxylation is 1. The van der Waals surface area contributed by atoms with Crippen LogP contribution < -0.4 is 4.90 Å². The molecule has 7 nitrogen and oxygen atoms in total. The molecule has 0 spiro atoms. The van der Waals surface area contributed by atoms with Crippen LogP contribution in [0.15, 0.2) is 66.7 Å². The molecule has 5 atom stereocenters. The number of benzene rings is 3. The Morgan fingerprint density at radius 2 is 1.55 bits per heavy atom. The number of nitrogens with zero attached hydrogens (tertiary/aromatic N) is 2. The number of amides is 2. The second-order valence-corrected chi connectivity index (χ2v) is 15.2. The zero-order chi connectivity index (χ0) is 33.6. The van der Waals surface area contributed by atoms with Gasteiger partial charge in [0.25, 0.3) is 0 Å². The van der Waals surface area contributed by atoms with Crippen LogP contribution in [0, 0.1) is 18.8 Å². The van der Waals surface area contributed by atoms with Crippen LogP contribution in [0.3, 0.4) is 0 Å². The van der Waals surface area contributed by atoms with Crippen LogP contribution in [0.2, 0.25) is 10.0 Å². The van der Waals surface area contributed by atoms with Crippen molar-refractivity contribution in [2.75, 3.05) is 10.8 Å². The molecular weight excluding hydrogens is 795 g/mol. The van der Waals surface area contributed by atoms with Gasteiger partial charge in [-0.25, -0.2) is 9.78 Å². The number of Topliss-reactive ketones (excluding diaryl/α,β-unsaturated/α-hetero) is 1. The SMILES string of the molecule is Cc1c(Cl)ccc2c(C(=O)OC(CCCl)C(=O)c3ccc(Cl)cc3)cc(-c3ccc(N4C(=O)C5CC(Br)C(Br)CC5C4=O)cc3)nc12. The number of fused-ring (bicyclic) bond motifs is 2. The summed E-state index contributed by atoms with van der Waals surface area (Å²) < 4.78 is 5.81. The number of hydrogen-bond donors (Lipinski definition) is 0. The van der Waals surface area contributed by atoms with E-state index in [0.29, 0.717) is 61.9 Å². The van der Waals surface area contributed by atoms with E-state index in [1.165, 1.54) is 4.90 Å². The van der Waals surface area contributed by atoms with Crippen LogP contribution in [-0.2, 0) is 14.3 Å². The maximum Gasteiger partial charge on any atom is 0.339 e. The third-order valence-electron chi connectivity index (χ3n) is 8.76. The smallest absolute Gasteiger partial charge is 0.339 e. The number of halogens is 5. The largest absolute Gasteiger partial charge is 0.450 e. The molecule has 2 fully saturated rings. The van der Waals surface area contributed by atoms with Gasteiger partial charge in [0.1, 0.15) is 0 Å². The van der Waals surface area contributed by atoms with Crippen molar-refractivity contribution >= 4 is 107 Å². The summed E-state index contributed by atoms with van der Waals surface area (Å²) in [4.78, 5) is 60.1. The van der Waals surface area contributed by atoms with Crippen molar-refractivity contribution in [2.45, 2.75) is 41.9 Å². The average Bonchev–Trinajstić information content (AvgIpc) is 3.30. The maximum atomic E-state index is 13.8. The highest BCUT2D eigenvalue weighted by Crippen LogP contribution is 2.44. The van der Waals surface area contributed by atoms with Gasteiger partial charge in [-0.15, -0.1) is 11.6 Å². The van der Waals surface area contributed by atoms with Crippen molar-refractivity contribution in [3.8, 4) is 11.3 Å². The second kappa shape index (κ2) is 14.0. The number of anilines is 1. The molecule has 1 aliphatic heterocycles. The molecular formula is C35H27Br2Cl3N2O5. The number of ketones is 1. The summed E-state index contributed by atoms with van der Waals surface area (Å²) in [7, 11) is 0. The fourth-order valence-electron chi connectivity index (χ4n) is 6.19. The lowest BCUT2D eigenvalue weighted by Crippen LogP contribution is -2.34. The summed E-state index contributed by atoms with van der Waals surface area (Å²) >= 11 is 25.7. The van der Waals surface area contributed by atoms with Gasteiger partial charge in [0.15, 0.2) is 6.10 Å². The van der Waals surface area contributed by atoms with Gasteiger partial charge in [-0.1, -0.05) is 73.3 Å². The number of ether oxygens (including phenoxy) is 1. The number of hydrogen-bond acceptors (Lipinski definition) is 6. The number of esters is 1. The lowest BCUT2D eigenvalue weighted by Gasteiger charge is -2.29. The topological polar surface area (TPSA) is 93.6 Å². The van der Waals surface area contributed by atoms with Gasteiger partial charge < -0.3 is 4.74 Å². The van der Waals surface area contributed by atoms with Gasteiger partial charge in [0, 0.05) is 48.5 Å². The Bertz CT molecular complexity index is 1880.